The predicted molar refractivity (Wildman–Crippen MR) is 83.0 cm³/mol. The summed E-state index contributed by atoms with van der Waals surface area (Å²) in [7, 11) is 0. The van der Waals surface area contributed by atoms with Crippen LogP contribution < -0.4 is 5.32 Å². The first kappa shape index (κ1) is 14.6. The maximum atomic E-state index is 12.2. The van der Waals surface area contributed by atoms with Crippen LogP contribution in [0.15, 0.2) is 11.4 Å². The molecule has 2 heterocycles. The summed E-state index contributed by atoms with van der Waals surface area (Å²) in [5.41, 5.74) is 1.27. The Hall–Kier alpha value is -1.36. The van der Waals surface area contributed by atoms with Crippen molar-refractivity contribution >= 4 is 23.2 Å². The lowest BCUT2D eigenvalue weighted by Crippen LogP contribution is -2.37. The summed E-state index contributed by atoms with van der Waals surface area (Å²) < 4.78 is 0. The lowest BCUT2D eigenvalue weighted by atomic mass is 9.85. The maximum Gasteiger partial charge on any atom is 0.223 e. The molecule has 1 N–H and O–H groups in total. The average molecular weight is 306 g/mol. The van der Waals surface area contributed by atoms with Crippen molar-refractivity contribution < 1.29 is 9.59 Å². The van der Waals surface area contributed by atoms with Crippen LogP contribution in [-0.2, 0) is 22.6 Å². The standard InChI is InChI=1S/C16H22N2O2S/c19-15(17-10-12-2-1-3-12)4-5-16(20)18-8-6-14-13(11-18)7-9-21-14/h7,9,12H,1-6,8,10-11H2,(H,17,19). The van der Waals surface area contributed by atoms with Gasteiger partial charge in [0.15, 0.2) is 0 Å². The van der Waals surface area contributed by atoms with Gasteiger partial charge in [0, 0.05) is 37.4 Å². The predicted octanol–water partition coefficient (Wildman–Crippen LogP) is 2.33. The number of nitrogens with one attached hydrogen (secondary N) is 1. The normalized spacial score (nSPS) is 18.0. The minimum atomic E-state index is 0.0171. The van der Waals surface area contributed by atoms with Crippen molar-refractivity contribution in [3.63, 3.8) is 0 Å². The SMILES string of the molecule is O=C(CCC(=O)N1CCc2sccc2C1)NCC1CCC1. The number of nitrogens with zero attached hydrogens (tertiary/aromatic N) is 1. The van der Waals surface area contributed by atoms with Crippen LogP contribution in [0.3, 0.4) is 0 Å². The Bertz CT molecular complexity index is 522. The molecule has 1 aromatic rings. The molecule has 5 heteroatoms. The van der Waals surface area contributed by atoms with Gasteiger partial charge in [0.05, 0.1) is 0 Å². The minimum Gasteiger partial charge on any atom is -0.356 e. The lowest BCUT2D eigenvalue weighted by Gasteiger charge is -2.27. The number of hydrogen-bond donors (Lipinski definition) is 1. The molecule has 1 aromatic heterocycles. The minimum absolute atomic E-state index is 0.0171. The highest BCUT2D eigenvalue weighted by atomic mass is 32.1. The van der Waals surface area contributed by atoms with Crippen LogP contribution in [0.4, 0.5) is 0 Å². The van der Waals surface area contributed by atoms with Crippen LogP contribution in [0.25, 0.3) is 0 Å². The topological polar surface area (TPSA) is 49.4 Å². The van der Waals surface area contributed by atoms with Gasteiger partial charge in [-0.25, -0.2) is 0 Å². The number of amides is 2. The van der Waals surface area contributed by atoms with Gasteiger partial charge < -0.3 is 10.2 Å². The van der Waals surface area contributed by atoms with Crippen molar-refractivity contribution in [2.75, 3.05) is 13.1 Å². The van der Waals surface area contributed by atoms with E-state index in [9.17, 15) is 9.59 Å². The second-order valence-corrected chi connectivity index (χ2v) is 7.04. The molecule has 0 bridgehead atoms. The Kier molecular flexibility index (Phi) is 4.58. The monoisotopic (exact) mass is 306 g/mol. The molecular weight excluding hydrogens is 284 g/mol. The van der Waals surface area contributed by atoms with E-state index in [1.54, 1.807) is 11.3 Å². The summed E-state index contributed by atoms with van der Waals surface area (Å²) in [6.45, 7) is 2.28. The van der Waals surface area contributed by atoms with Crippen LogP contribution in [0, 0.1) is 5.92 Å². The highest BCUT2D eigenvalue weighted by Gasteiger charge is 2.22. The molecule has 21 heavy (non-hydrogen) atoms. The number of carbonyl (C=O) groups is 2. The van der Waals surface area contributed by atoms with E-state index in [1.807, 2.05) is 4.90 Å². The fourth-order valence-electron chi connectivity index (χ4n) is 2.88. The van der Waals surface area contributed by atoms with Crippen molar-refractivity contribution in [2.45, 2.75) is 45.1 Å². The second kappa shape index (κ2) is 6.60. The first-order valence-corrected chi connectivity index (χ1v) is 8.70. The van der Waals surface area contributed by atoms with Gasteiger partial charge in [0.1, 0.15) is 0 Å². The highest BCUT2D eigenvalue weighted by molar-refractivity contribution is 7.10. The highest BCUT2D eigenvalue weighted by Crippen LogP contribution is 2.25. The van der Waals surface area contributed by atoms with Crippen molar-refractivity contribution in [3.05, 3.63) is 21.9 Å². The average Bonchev–Trinajstić information content (AvgIpc) is 2.90. The molecule has 0 radical (unpaired) electrons. The number of fused-ring (bicyclic) bond motifs is 1. The molecule has 1 fully saturated rings. The van der Waals surface area contributed by atoms with Crippen LogP contribution in [-0.4, -0.2) is 29.8 Å². The summed E-state index contributed by atoms with van der Waals surface area (Å²) in [6, 6.07) is 2.10. The van der Waals surface area contributed by atoms with E-state index in [-0.39, 0.29) is 11.8 Å². The van der Waals surface area contributed by atoms with Gasteiger partial charge in [-0.3, -0.25) is 9.59 Å². The number of carbonyl (C=O) groups excluding carboxylic acids is 2. The molecule has 3 rings (SSSR count). The summed E-state index contributed by atoms with van der Waals surface area (Å²) in [5, 5.41) is 5.04. The Morgan fingerprint density at radius 2 is 2.19 bits per heavy atom. The van der Waals surface area contributed by atoms with E-state index in [2.05, 4.69) is 16.8 Å². The molecule has 4 nitrogen and oxygen atoms in total. The van der Waals surface area contributed by atoms with E-state index in [0.717, 1.165) is 19.5 Å². The Balaban J connectivity index is 1.39. The van der Waals surface area contributed by atoms with Gasteiger partial charge in [-0.1, -0.05) is 6.42 Å². The smallest absolute Gasteiger partial charge is 0.223 e. The molecule has 2 amide bonds. The van der Waals surface area contributed by atoms with Gasteiger partial charge in [-0.05, 0) is 42.2 Å². The molecule has 0 aromatic carbocycles. The summed E-state index contributed by atoms with van der Waals surface area (Å²) in [4.78, 5) is 27.2. The van der Waals surface area contributed by atoms with Gasteiger partial charge in [0.2, 0.25) is 11.8 Å². The quantitative estimate of drug-likeness (QED) is 0.907. The molecule has 2 aliphatic rings. The third-order valence-corrected chi connectivity index (χ3v) is 5.56. The van der Waals surface area contributed by atoms with Crippen molar-refractivity contribution in [1.82, 2.24) is 10.2 Å². The molecule has 0 unspecified atom stereocenters. The number of thiophene rings is 1. The third-order valence-electron chi connectivity index (χ3n) is 4.54. The van der Waals surface area contributed by atoms with E-state index < -0.39 is 0 Å². The van der Waals surface area contributed by atoms with E-state index >= 15 is 0 Å². The van der Waals surface area contributed by atoms with Gasteiger partial charge in [0.25, 0.3) is 0 Å². The van der Waals surface area contributed by atoms with Crippen molar-refractivity contribution in [3.8, 4) is 0 Å². The summed E-state index contributed by atoms with van der Waals surface area (Å²) in [6.07, 6.45) is 5.35. The van der Waals surface area contributed by atoms with Crippen LogP contribution in [0.5, 0.6) is 0 Å². The van der Waals surface area contributed by atoms with Gasteiger partial charge in [-0.2, -0.15) is 0 Å². The van der Waals surface area contributed by atoms with Crippen LogP contribution in [0.1, 0.15) is 42.5 Å². The Morgan fingerprint density at radius 1 is 1.33 bits per heavy atom. The summed E-state index contributed by atoms with van der Waals surface area (Å²) in [5.74, 6) is 0.790. The van der Waals surface area contributed by atoms with E-state index in [4.69, 9.17) is 0 Å². The van der Waals surface area contributed by atoms with E-state index in [0.29, 0.717) is 25.3 Å². The van der Waals surface area contributed by atoms with Crippen LogP contribution in [0.2, 0.25) is 0 Å². The fraction of sp³-hybridized carbons (Fsp3) is 0.625. The second-order valence-electron chi connectivity index (χ2n) is 6.04. The summed E-state index contributed by atoms with van der Waals surface area (Å²) >= 11 is 1.77. The zero-order valence-corrected chi connectivity index (χ0v) is 13.1. The molecule has 1 aliphatic carbocycles. The van der Waals surface area contributed by atoms with E-state index in [1.165, 1.54) is 29.7 Å². The van der Waals surface area contributed by atoms with Crippen molar-refractivity contribution in [1.29, 1.82) is 0 Å². The van der Waals surface area contributed by atoms with Gasteiger partial charge >= 0.3 is 0 Å². The molecule has 0 spiro atoms. The Labute approximate surface area is 129 Å². The first-order valence-electron chi connectivity index (χ1n) is 7.82. The number of hydrogen-bond acceptors (Lipinski definition) is 3. The van der Waals surface area contributed by atoms with Crippen molar-refractivity contribution in [2.24, 2.45) is 5.92 Å². The lowest BCUT2D eigenvalue weighted by molar-refractivity contribution is -0.134. The molecule has 0 atom stereocenters. The van der Waals surface area contributed by atoms with Crippen LogP contribution >= 0.6 is 11.3 Å². The first-order chi connectivity index (χ1) is 10.2. The fourth-order valence-corrected chi connectivity index (χ4v) is 3.77. The molecule has 114 valence electrons. The zero-order chi connectivity index (χ0) is 14.7. The zero-order valence-electron chi connectivity index (χ0n) is 12.3. The molecule has 1 aliphatic heterocycles. The largest absolute Gasteiger partial charge is 0.356 e. The Morgan fingerprint density at radius 3 is 2.95 bits per heavy atom. The molecule has 0 saturated heterocycles. The third kappa shape index (κ3) is 3.64. The maximum absolute atomic E-state index is 12.2. The number of rotatable bonds is 5. The molecular formula is C16H22N2O2S. The van der Waals surface area contributed by atoms with Gasteiger partial charge in [-0.15, -0.1) is 11.3 Å². The molecule has 1 saturated carbocycles.